The number of carbonyl (C=O) groups excluding carboxylic acids is 1. The Morgan fingerprint density at radius 3 is 2.78 bits per heavy atom. The number of hydrogen-bond acceptors (Lipinski definition) is 5. The first-order valence-corrected chi connectivity index (χ1v) is 9.53. The van der Waals surface area contributed by atoms with E-state index in [4.69, 9.17) is 4.74 Å². The molecular weight excluding hydrogens is 336 g/mol. The van der Waals surface area contributed by atoms with E-state index in [0.29, 0.717) is 35.0 Å². The van der Waals surface area contributed by atoms with Gasteiger partial charge in [-0.2, -0.15) is 0 Å². The number of thiophene rings is 1. The molecule has 1 aliphatic rings. The second-order valence-electron chi connectivity index (χ2n) is 5.06. The van der Waals surface area contributed by atoms with Gasteiger partial charge < -0.3 is 10.1 Å². The lowest BCUT2D eigenvalue weighted by molar-refractivity contribution is 0.103. The Kier molecular flexibility index (Phi) is 4.27. The molecule has 0 unspecified atom stereocenters. The van der Waals surface area contributed by atoms with E-state index in [1.54, 1.807) is 24.3 Å². The Hall–Kier alpha value is -2.06. The summed E-state index contributed by atoms with van der Waals surface area (Å²) in [7, 11) is -1.80. The number of ether oxygens (including phenoxy) is 1. The molecule has 1 amide bonds. The standard InChI is InChI=1S/C15H16N2O4S2/c1-21-13-10-11(16-15(18)14-4-2-8-22-14)5-6-12(13)17-7-3-9-23(17,19)20/h2,4-6,8,10H,3,7,9H2,1H3,(H,16,18). The lowest BCUT2D eigenvalue weighted by Gasteiger charge is -2.20. The Morgan fingerprint density at radius 1 is 1.35 bits per heavy atom. The molecule has 6 nitrogen and oxygen atoms in total. The van der Waals surface area contributed by atoms with E-state index in [9.17, 15) is 13.2 Å². The predicted octanol–water partition coefficient (Wildman–Crippen LogP) is 2.55. The van der Waals surface area contributed by atoms with Gasteiger partial charge in [0.1, 0.15) is 5.75 Å². The van der Waals surface area contributed by atoms with E-state index in [2.05, 4.69) is 5.32 Å². The highest BCUT2D eigenvalue weighted by atomic mass is 32.2. The van der Waals surface area contributed by atoms with E-state index in [0.717, 1.165) is 0 Å². The van der Waals surface area contributed by atoms with Crippen LogP contribution >= 0.6 is 11.3 Å². The van der Waals surface area contributed by atoms with Gasteiger partial charge in [-0.15, -0.1) is 11.3 Å². The third-order valence-corrected chi connectivity index (χ3v) is 6.27. The van der Waals surface area contributed by atoms with Crippen LogP contribution in [0.15, 0.2) is 35.7 Å². The van der Waals surface area contributed by atoms with E-state index < -0.39 is 10.0 Å². The minimum absolute atomic E-state index is 0.146. The smallest absolute Gasteiger partial charge is 0.265 e. The Bertz CT molecular complexity index is 816. The quantitative estimate of drug-likeness (QED) is 0.917. The molecule has 2 heterocycles. The molecule has 3 rings (SSSR count). The van der Waals surface area contributed by atoms with Crippen LogP contribution in [0.5, 0.6) is 5.75 Å². The SMILES string of the molecule is COc1cc(NC(=O)c2cccs2)ccc1N1CCCS1(=O)=O. The van der Waals surface area contributed by atoms with Crippen LogP contribution in [-0.4, -0.2) is 33.7 Å². The number of anilines is 2. The lowest BCUT2D eigenvalue weighted by atomic mass is 10.2. The topological polar surface area (TPSA) is 75.7 Å². The van der Waals surface area contributed by atoms with Crippen molar-refractivity contribution in [3.05, 3.63) is 40.6 Å². The zero-order valence-electron chi connectivity index (χ0n) is 12.5. The first-order chi connectivity index (χ1) is 11.0. The summed E-state index contributed by atoms with van der Waals surface area (Å²) < 4.78 is 30.8. The average molecular weight is 352 g/mol. The highest BCUT2D eigenvalue weighted by Crippen LogP contribution is 2.35. The summed E-state index contributed by atoms with van der Waals surface area (Å²) >= 11 is 1.35. The molecule has 8 heteroatoms. The molecule has 1 N–H and O–H groups in total. The van der Waals surface area contributed by atoms with Crippen molar-refractivity contribution in [1.29, 1.82) is 0 Å². The van der Waals surface area contributed by atoms with Crippen molar-refractivity contribution in [2.75, 3.05) is 29.0 Å². The van der Waals surface area contributed by atoms with Gasteiger partial charge in [-0.25, -0.2) is 8.42 Å². The average Bonchev–Trinajstić information content (AvgIpc) is 3.16. The first kappa shape index (κ1) is 15.8. The van der Waals surface area contributed by atoms with E-state index in [1.807, 2.05) is 11.4 Å². The number of sulfonamides is 1. The summed E-state index contributed by atoms with van der Waals surface area (Å²) in [6.07, 6.45) is 0.600. The molecule has 1 saturated heterocycles. The number of nitrogens with zero attached hydrogens (tertiary/aromatic N) is 1. The van der Waals surface area contributed by atoms with Crippen LogP contribution in [0, 0.1) is 0 Å². The molecule has 1 fully saturated rings. The molecule has 0 bridgehead atoms. The van der Waals surface area contributed by atoms with Crippen LogP contribution < -0.4 is 14.4 Å². The second-order valence-corrected chi connectivity index (χ2v) is 8.02. The Balaban J connectivity index is 1.87. The minimum Gasteiger partial charge on any atom is -0.494 e. The molecule has 0 spiro atoms. The lowest BCUT2D eigenvalue weighted by Crippen LogP contribution is -2.25. The zero-order chi connectivity index (χ0) is 16.4. The number of rotatable bonds is 4. The summed E-state index contributed by atoms with van der Waals surface area (Å²) in [6, 6.07) is 8.52. The third-order valence-electron chi connectivity index (χ3n) is 3.55. The number of amides is 1. The van der Waals surface area contributed by atoms with Gasteiger partial charge in [0.25, 0.3) is 5.91 Å². The van der Waals surface area contributed by atoms with Crippen LogP contribution in [-0.2, 0) is 10.0 Å². The van der Waals surface area contributed by atoms with Crippen molar-refractivity contribution in [2.45, 2.75) is 6.42 Å². The highest BCUT2D eigenvalue weighted by Gasteiger charge is 2.30. The molecule has 0 saturated carbocycles. The number of hydrogen-bond donors (Lipinski definition) is 1. The molecule has 0 atom stereocenters. The summed E-state index contributed by atoms with van der Waals surface area (Å²) in [5, 5.41) is 4.61. The summed E-state index contributed by atoms with van der Waals surface area (Å²) in [5.41, 5.74) is 1.06. The number of methoxy groups -OCH3 is 1. The van der Waals surface area contributed by atoms with Crippen molar-refractivity contribution in [2.24, 2.45) is 0 Å². The van der Waals surface area contributed by atoms with Gasteiger partial charge in [0.05, 0.1) is 23.4 Å². The van der Waals surface area contributed by atoms with E-state index in [-0.39, 0.29) is 11.7 Å². The van der Waals surface area contributed by atoms with Crippen LogP contribution in [0.1, 0.15) is 16.1 Å². The van der Waals surface area contributed by atoms with Gasteiger partial charge in [0, 0.05) is 18.3 Å². The van der Waals surface area contributed by atoms with Gasteiger partial charge >= 0.3 is 0 Å². The highest BCUT2D eigenvalue weighted by molar-refractivity contribution is 7.93. The molecule has 1 aromatic heterocycles. The van der Waals surface area contributed by atoms with Crippen molar-refractivity contribution in [3.63, 3.8) is 0 Å². The summed E-state index contributed by atoms with van der Waals surface area (Å²) in [4.78, 5) is 12.7. The molecule has 2 aromatic rings. The van der Waals surface area contributed by atoms with Crippen molar-refractivity contribution in [1.82, 2.24) is 0 Å². The fourth-order valence-corrected chi connectivity index (χ4v) is 4.66. The van der Waals surface area contributed by atoms with Crippen molar-refractivity contribution >= 4 is 38.6 Å². The van der Waals surface area contributed by atoms with E-state index >= 15 is 0 Å². The first-order valence-electron chi connectivity index (χ1n) is 7.04. The van der Waals surface area contributed by atoms with Gasteiger partial charge in [-0.1, -0.05) is 6.07 Å². The fourth-order valence-electron chi connectivity index (χ4n) is 2.47. The fraction of sp³-hybridized carbons (Fsp3) is 0.267. The van der Waals surface area contributed by atoms with Crippen LogP contribution in [0.3, 0.4) is 0 Å². The Labute approximate surface area is 138 Å². The van der Waals surface area contributed by atoms with Gasteiger partial charge in [-0.05, 0) is 30.0 Å². The van der Waals surface area contributed by atoms with Gasteiger partial charge in [-0.3, -0.25) is 9.10 Å². The maximum atomic E-state index is 12.1. The molecule has 122 valence electrons. The molecule has 0 radical (unpaired) electrons. The van der Waals surface area contributed by atoms with Gasteiger partial charge in [0.15, 0.2) is 0 Å². The van der Waals surface area contributed by atoms with Crippen molar-refractivity contribution < 1.29 is 17.9 Å². The van der Waals surface area contributed by atoms with Crippen molar-refractivity contribution in [3.8, 4) is 5.75 Å². The predicted molar refractivity (Wildman–Crippen MR) is 91.0 cm³/mol. The summed E-state index contributed by atoms with van der Waals surface area (Å²) in [6.45, 7) is 0.444. The monoisotopic (exact) mass is 352 g/mol. The van der Waals surface area contributed by atoms with E-state index in [1.165, 1.54) is 22.8 Å². The molecule has 1 aliphatic heterocycles. The minimum atomic E-state index is -3.28. The van der Waals surface area contributed by atoms with Gasteiger partial charge in [0.2, 0.25) is 10.0 Å². The maximum absolute atomic E-state index is 12.1. The zero-order valence-corrected chi connectivity index (χ0v) is 14.1. The number of benzene rings is 1. The summed E-state index contributed by atoms with van der Waals surface area (Å²) in [5.74, 6) is 0.357. The Morgan fingerprint density at radius 2 is 2.17 bits per heavy atom. The number of carbonyl (C=O) groups is 1. The van der Waals surface area contributed by atoms with Crippen LogP contribution in [0.25, 0.3) is 0 Å². The number of nitrogens with one attached hydrogen (secondary N) is 1. The third kappa shape index (κ3) is 3.18. The normalized spacial score (nSPS) is 16.3. The second kappa shape index (κ2) is 6.21. The molecule has 0 aliphatic carbocycles. The molecule has 23 heavy (non-hydrogen) atoms. The van der Waals surface area contributed by atoms with Crippen LogP contribution in [0.2, 0.25) is 0 Å². The largest absolute Gasteiger partial charge is 0.494 e. The maximum Gasteiger partial charge on any atom is 0.265 e. The molecular formula is C15H16N2O4S2. The molecule has 1 aromatic carbocycles. The van der Waals surface area contributed by atoms with Crippen LogP contribution in [0.4, 0.5) is 11.4 Å².